The molecule has 6 heteroatoms. The normalized spacial score (nSPS) is 10.6. The topological polar surface area (TPSA) is 61.3 Å². The highest BCUT2D eigenvalue weighted by Gasteiger charge is 2.23. The van der Waals surface area contributed by atoms with Crippen molar-refractivity contribution in [2.24, 2.45) is 0 Å². The first-order valence-electron chi connectivity index (χ1n) is 7.48. The Balaban J connectivity index is 2.07. The lowest BCUT2D eigenvalue weighted by molar-refractivity contribution is 0.0521. The van der Waals surface area contributed by atoms with E-state index >= 15 is 0 Å². The molecule has 0 fully saturated rings. The molecule has 0 atom stereocenters. The lowest BCUT2D eigenvalue weighted by Gasteiger charge is -2.14. The highest BCUT2D eigenvalue weighted by molar-refractivity contribution is 6.33. The molecule has 0 bridgehead atoms. The van der Waals surface area contributed by atoms with Gasteiger partial charge in [-0.25, -0.2) is 9.78 Å². The van der Waals surface area contributed by atoms with Crippen molar-refractivity contribution in [2.45, 2.75) is 13.5 Å². The lowest BCUT2D eigenvalue weighted by Crippen LogP contribution is -2.11. The molecule has 0 aliphatic carbocycles. The highest BCUT2D eigenvalue weighted by atomic mass is 35.5. The van der Waals surface area contributed by atoms with Crippen LogP contribution in [0.3, 0.4) is 0 Å². The van der Waals surface area contributed by atoms with E-state index in [1.54, 1.807) is 25.3 Å². The fraction of sp³-hybridized carbons (Fsp3) is 0.167. The van der Waals surface area contributed by atoms with Crippen molar-refractivity contribution in [3.8, 4) is 5.75 Å². The van der Waals surface area contributed by atoms with Crippen molar-refractivity contribution >= 4 is 28.6 Å². The molecule has 0 saturated carbocycles. The molecule has 0 amide bonds. The summed E-state index contributed by atoms with van der Waals surface area (Å²) >= 11 is 6.20. The fourth-order valence-corrected chi connectivity index (χ4v) is 2.54. The van der Waals surface area contributed by atoms with Gasteiger partial charge in [0.25, 0.3) is 0 Å². The molecule has 0 aliphatic heterocycles. The molecule has 2 heterocycles. The first-order valence-corrected chi connectivity index (χ1v) is 7.86. The quantitative estimate of drug-likeness (QED) is 0.517. The Hall–Kier alpha value is -2.66. The second kappa shape index (κ2) is 7.27. The van der Waals surface area contributed by atoms with Crippen molar-refractivity contribution in [3.63, 3.8) is 0 Å². The number of esters is 1. The van der Waals surface area contributed by atoms with Gasteiger partial charge < -0.3 is 9.47 Å². The summed E-state index contributed by atoms with van der Waals surface area (Å²) < 4.78 is 11.0. The number of hydrogen-bond acceptors (Lipinski definition) is 5. The van der Waals surface area contributed by atoms with Crippen LogP contribution in [0.4, 0.5) is 0 Å². The fourth-order valence-electron chi connectivity index (χ4n) is 2.29. The van der Waals surface area contributed by atoms with Crippen LogP contribution in [0.5, 0.6) is 5.75 Å². The van der Waals surface area contributed by atoms with Crippen LogP contribution in [-0.4, -0.2) is 22.5 Å². The molecule has 0 spiro atoms. The van der Waals surface area contributed by atoms with Crippen LogP contribution in [-0.2, 0) is 11.3 Å². The summed E-state index contributed by atoms with van der Waals surface area (Å²) in [5, 5.41) is 0.0389. The molecule has 3 rings (SSSR count). The molecule has 0 aliphatic rings. The number of hydrogen-bond donors (Lipinski definition) is 0. The second-order valence-electron chi connectivity index (χ2n) is 4.97. The number of carbonyl (C=O) groups excluding carboxylic acids is 1. The minimum absolute atomic E-state index is 0.0389. The van der Waals surface area contributed by atoms with E-state index in [1.165, 1.54) is 0 Å². The Morgan fingerprint density at radius 1 is 1.17 bits per heavy atom. The Morgan fingerprint density at radius 2 is 1.96 bits per heavy atom. The zero-order chi connectivity index (χ0) is 16.9. The number of ether oxygens (including phenoxy) is 2. The van der Waals surface area contributed by atoms with Crippen molar-refractivity contribution < 1.29 is 14.3 Å². The van der Waals surface area contributed by atoms with E-state index in [9.17, 15) is 4.79 Å². The first kappa shape index (κ1) is 16.2. The maximum Gasteiger partial charge on any atom is 0.345 e. The van der Waals surface area contributed by atoms with Crippen molar-refractivity contribution in [2.75, 3.05) is 6.61 Å². The first-order chi connectivity index (χ1) is 11.7. The largest absolute Gasteiger partial charge is 0.486 e. The van der Waals surface area contributed by atoms with Crippen LogP contribution in [0.15, 0.2) is 48.7 Å². The molecule has 2 aromatic heterocycles. The van der Waals surface area contributed by atoms with Gasteiger partial charge in [-0.05, 0) is 24.6 Å². The highest BCUT2D eigenvalue weighted by Crippen LogP contribution is 2.33. The molecule has 5 nitrogen and oxygen atoms in total. The summed E-state index contributed by atoms with van der Waals surface area (Å²) in [7, 11) is 0. The smallest absolute Gasteiger partial charge is 0.345 e. The van der Waals surface area contributed by atoms with Gasteiger partial charge in [0, 0.05) is 6.20 Å². The predicted octanol–water partition coefficient (Wildman–Crippen LogP) is 4.04. The van der Waals surface area contributed by atoms with Gasteiger partial charge in [0.1, 0.15) is 22.8 Å². The van der Waals surface area contributed by atoms with Gasteiger partial charge in [-0.2, -0.15) is 0 Å². The number of aromatic nitrogens is 2. The molecule has 0 N–H and O–H groups in total. The molecular formula is C18H15ClN2O3. The molecular weight excluding hydrogens is 328 g/mol. The van der Waals surface area contributed by atoms with Crippen molar-refractivity contribution in [1.82, 2.24) is 9.97 Å². The molecule has 3 aromatic rings. The molecule has 0 radical (unpaired) electrons. The van der Waals surface area contributed by atoms with Gasteiger partial charge >= 0.3 is 5.97 Å². The zero-order valence-corrected chi connectivity index (χ0v) is 13.8. The predicted molar refractivity (Wildman–Crippen MR) is 91.3 cm³/mol. The van der Waals surface area contributed by atoms with Gasteiger partial charge in [-0.15, -0.1) is 0 Å². The Bertz CT molecular complexity index is 869. The molecule has 1 aromatic carbocycles. The van der Waals surface area contributed by atoms with Gasteiger partial charge in [0.15, 0.2) is 5.75 Å². The SMILES string of the molecule is CCOC(=O)c1c(Cl)nc2cccnc2c1OCc1ccccc1. The Morgan fingerprint density at radius 3 is 2.71 bits per heavy atom. The summed E-state index contributed by atoms with van der Waals surface area (Å²) in [5.74, 6) is -0.293. The van der Waals surface area contributed by atoms with Crippen LogP contribution >= 0.6 is 11.6 Å². The Labute approximate surface area is 144 Å². The van der Waals surface area contributed by atoms with E-state index in [0.29, 0.717) is 11.0 Å². The number of carbonyl (C=O) groups is 1. The molecule has 122 valence electrons. The van der Waals surface area contributed by atoms with Gasteiger partial charge in [-0.1, -0.05) is 41.9 Å². The number of halogens is 1. The van der Waals surface area contributed by atoms with E-state index < -0.39 is 5.97 Å². The van der Waals surface area contributed by atoms with E-state index in [1.807, 2.05) is 30.3 Å². The van der Waals surface area contributed by atoms with Gasteiger partial charge in [-0.3, -0.25) is 4.98 Å². The summed E-state index contributed by atoms with van der Waals surface area (Å²) in [6.45, 7) is 2.23. The van der Waals surface area contributed by atoms with Crippen molar-refractivity contribution in [3.05, 3.63) is 64.9 Å². The molecule has 0 unspecified atom stereocenters. The number of pyridine rings is 2. The molecule has 24 heavy (non-hydrogen) atoms. The summed E-state index contributed by atoms with van der Waals surface area (Å²) in [6.07, 6.45) is 1.61. The third kappa shape index (κ3) is 3.31. The zero-order valence-electron chi connectivity index (χ0n) is 13.0. The Kier molecular flexibility index (Phi) is 4.91. The third-order valence-electron chi connectivity index (χ3n) is 3.36. The van der Waals surface area contributed by atoms with E-state index in [0.717, 1.165) is 5.56 Å². The standard InChI is InChI=1S/C18H15ClN2O3/c1-2-23-18(22)14-16(24-11-12-7-4-3-5-8-12)15-13(21-17(14)19)9-6-10-20-15/h3-10H,2,11H2,1H3. The summed E-state index contributed by atoms with van der Waals surface area (Å²) in [4.78, 5) is 20.8. The number of benzene rings is 1. The van der Waals surface area contributed by atoms with Crippen molar-refractivity contribution in [1.29, 1.82) is 0 Å². The van der Waals surface area contributed by atoms with E-state index in [4.69, 9.17) is 21.1 Å². The monoisotopic (exact) mass is 342 g/mol. The van der Waals surface area contributed by atoms with Crippen LogP contribution in [0.25, 0.3) is 11.0 Å². The summed E-state index contributed by atoms with van der Waals surface area (Å²) in [6, 6.07) is 13.1. The maximum absolute atomic E-state index is 12.3. The average Bonchev–Trinajstić information content (AvgIpc) is 2.60. The average molecular weight is 343 g/mol. The number of fused-ring (bicyclic) bond motifs is 1. The minimum atomic E-state index is -0.578. The van der Waals surface area contributed by atoms with Crippen LogP contribution in [0.2, 0.25) is 5.15 Å². The minimum Gasteiger partial charge on any atom is -0.486 e. The van der Waals surface area contributed by atoms with Gasteiger partial charge in [0.05, 0.1) is 12.1 Å². The van der Waals surface area contributed by atoms with Crippen LogP contribution < -0.4 is 4.74 Å². The maximum atomic E-state index is 12.3. The van der Waals surface area contributed by atoms with Gasteiger partial charge in [0.2, 0.25) is 0 Å². The molecule has 0 saturated heterocycles. The third-order valence-corrected chi connectivity index (χ3v) is 3.63. The number of rotatable bonds is 5. The van der Waals surface area contributed by atoms with E-state index in [2.05, 4.69) is 9.97 Å². The summed E-state index contributed by atoms with van der Waals surface area (Å²) in [5.41, 5.74) is 2.09. The van der Waals surface area contributed by atoms with E-state index in [-0.39, 0.29) is 29.7 Å². The van der Waals surface area contributed by atoms with Crippen LogP contribution in [0.1, 0.15) is 22.8 Å². The lowest BCUT2D eigenvalue weighted by atomic mass is 10.2. The second-order valence-corrected chi connectivity index (χ2v) is 5.33. The van der Waals surface area contributed by atoms with Crippen LogP contribution in [0, 0.1) is 0 Å². The number of nitrogens with zero attached hydrogens (tertiary/aromatic N) is 2.